The van der Waals surface area contributed by atoms with Crippen LogP contribution in [0.15, 0.2) is 24.3 Å². The lowest BCUT2D eigenvalue weighted by atomic mass is 10.2. The Labute approximate surface area is 119 Å². The van der Waals surface area contributed by atoms with Gasteiger partial charge in [-0.2, -0.15) is 0 Å². The molecule has 0 aliphatic carbocycles. The minimum Gasteiger partial charge on any atom is -0.491 e. The first kappa shape index (κ1) is 15.4. The van der Waals surface area contributed by atoms with Crippen LogP contribution in [0.25, 0.3) is 0 Å². The Morgan fingerprint density at radius 2 is 2.16 bits per heavy atom. The third-order valence-electron chi connectivity index (χ3n) is 2.49. The average molecular weight is 280 g/mol. The van der Waals surface area contributed by atoms with E-state index in [1.54, 1.807) is 24.1 Å². The maximum Gasteiger partial charge on any atom is 0.253 e. The average Bonchev–Trinajstić information content (AvgIpc) is 2.34. The number of carbonyl (C=O) groups excluding carboxylic acids is 1. The van der Waals surface area contributed by atoms with Gasteiger partial charge in [0.2, 0.25) is 0 Å². The van der Waals surface area contributed by atoms with Gasteiger partial charge in [0.1, 0.15) is 5.75 Å². The number of ether oxygens (including phenoxy) is 1. The van der Waals surface area contributed by atoms with Crippen LogP contribution in [0.2, 0.25) is 0 Å². The van der Waals surface area contributed by atoms with Gasteiger partial charge in [0.05, 0.1) is 11.1 Å². The Balaban J connectivity index is 2.73. The highest BCUT2D eigenvalue weighted by Crippen LogP contribution is 2.16. The molecule has 0 atom stereocenters. The van der Waals surface area contributed by atoms with Crippen molar-refractivity contribution in [2.24, 2.45) is 5.73 Å². The first-order valence-corrected chi connectivity index (χ1v) is 6.61. The van der Waals surface area contributed by atoms with E-state index in [4.69, 9.17) is 22.7 Å². The standard InChI is InChI=1S/C14H20N2O2S/c1-10(2)18-12-6-4-5-11(9-12)14(17)16(3)8-7-13(15)19/h4-6,9-10H,7-8H2,1-3H3,(H2,15,19). The number of nitrogens with two attached hydrogens (primary N) is 1. The van der Waals surface area contributed by atoms with Gasteiger partial charge in [0, 0.05) is 25.6 Å². The molecule has 1 aromatic carbocycles. The SMILES string of the molecule is CC(C)Oc1cccc(C(=O)N(C)CCC(N)=S)c1. The molecular formula is C14H20N2O2S. The van der Waals surface area contributed by atoms with E-state index in [-0.39, 0.29) is 12.0 Å². The van der Waals surface area contributed by atoms with Gasteiger partial charge in [-0.15, -0.1) is 0 Å². The van der Waals surface area contributed by atoms with Crippen molar-refractivity contribution in [3.63, 3.8) is 0 Å². The van der Waals surface area contributed by atoms with Crippen molar-refractivity contribution in [1.82, 2.24) is 4.90 Å². The molecule has 2 N–H and O–H groups in total. The van der Waals surface area contributed by atoms with Crippen molar-refractivity contribution in [3.05, 3.63) is 29.8 Å². The third kappa shape index (κ3) is 5.26. The molecule has 104 valence electrons. The maximum atomic E-state index is 12.2. The summed E-state index contributed by atoms with van der Waals surface area (Å²) in [7, 11) is 1.73. The molecule has 19 heavy (non-hydrogen) atoms. The van der Waals surface area contributed by atoms with Crippen LogP contribution in [0.3, 0.4) is 0 Å². The van der Waals surface area contributed by atoms with Crippen molar-refractivity contribution in [3.8, 4) is 5.75 Å². The summed E-state index contributed by atoms with van der Waals surface area (Å²) in [6.07, 6.45) is 0.609. The van der Waals surface area contributed by atoms with E-state index < -0.39 is 0 Å². The highest BCUT2D eigenvalue weighted by atomic mass is 32.1. The predicted molar refractivity (Wildman–Crippen MR) is 80.6 cm³/mol. The summed E-state index contributed by atoms with van der Waals surface area (Å²) in [5.41, 5.74) is 6.03. The van der Waals surface area contributed by atoms with Crippen molar-refractivity contribution in [2.45, 2.75) is 26.4 Å². The summed E-state index contributed by atoms with van der Waals surface area (Å²) in [6, 6.07) is 7.17. The van der Waals surface area contributed by atoms with Crippen LogP contribution in [0.1, 0.15) is 30.6 Å². The fraction of sp³-hybridized carbons (Fsp3) is 0.429. The van der Waals surface area contributed by atoms with Gasteiger partial charge in [-0.1, -0.05) is 18.3 Å². The van der Waals surface area contributed by atoms with E-state index in [9.17, 15) is 4.79 Å². The van der Waals surface area contributed by atoms with Crippen LogP contribution in [-0.4, -0.2) is 35.5 Å². The van der Waals surface area contributed by atoms with Crippen molar-refractivity contribution in [2.75, 3.05) is 13.6 Å². The lowest BCUT2D eigenvalue weighted by molar-refractivity contribution is 0.0798. The Kier molecular flexibility index (Phi) is 5.76. The summed E-state index contributed by atoms with van der Waals surface area (Å²) in [6.45, 7) is 4.41. The Bertz CT molecular complexity index is 461. The van der Waals surface area contributed by atoms with E-state index in [1.807, 2.05) is 26.0 Å². The molecule has 0 aliphatic rings. The van der Waals surface area contributed by atoms with Gasteiger partial charge in [0.25, 0.3) is 5.91 Å². The maximum absolute atomic E-state index is 12.2. The Morgan fingerprint density at radius 1 is 1.47 bits per heavy atom. The summed E-state index contributed by atoms with van der Waals surface area (Å²) >= 11 is 4.81. The van der Waals surface area contributed by atoms with Crippen molar-refractivity contribution >= 4 is 23.1 Å². The smallest absolute Gasteiger partial charge is 0.253 e. The zero-order chi connectivity index (χ0) is 14.4. The number of hydrogen-bond acceptors (Lipinski definition) is 3. The molecule has 0 unspecified atom stereocenters. The second-order valence-corrected chi connectivity index (χ2v) is 5.16. The zero-order valence-electron chi connectivity index (χ0n) is 11.6. The normalized spacial score (nSPS) is 10.3. The first-order chi connectivity index (χ1) is 8.90. The molecule has 0 heterocycles. The molecule has 0 saturated heterocycles. The first-order valence-electron chi connectivity index (χ1n) is 6.20. The molecular weight excluding hydrogens is 260 g/mol. The summed E-state index contributed by atoms with van der Waals surface area (Å²) in [5, 5.41) is 0. The van der Waals surface area contributed by atoms with E-state index in [1.165, 1.54) is 0 Å². The second-order valence-electron chi connectivity index (χ2n) is 4.64. The van der Waals surface area contributed by atoms with Crippen LogP contribution in [0.5, 0.6) is 5.75 Å². The molecule has 4 nitrogen and oxygen atoms in total. The minimum atomic E-state index is -0.0644. The highest BCUT2D eigenvalue weighted by Gasteiger charge is 2.12. The van der Waals surface area contributed by atoms with Crippen LogP contribution in [-0.2, 0) is 0 Å². The number of nitrogens with zero attached hydrogens (tertiary/aromatic N) is 1. The predicted octanol–water partition coefficient (Wildman–Crippen LogP) is 2.22. The van der Waals surface area contributed by atoms with Crippen molar-refractivity contribution in [1.29, 1.82) is 0 Å². The fourth-order valence-electron chi connectivity index (χ4n) is 1.57. The molecule has 0 spiro atoms. The Hall–Kier alpha value is -1.62. The zero-order valence-corrected chi connectivity index (χ0v) is 12.4. The number of amides is 1. The summed E-state index contributed by atoms with van der Waals surface area (Å²) < 4.78 is 5.57. The molecule has 0 radical (unpaired) electrons. The Morgan fingerprint density at radius 3 is 2.74 bits per heavy atom. The molecule has 0 saturated carbocycles. The van der Waals surface area contributed by atoms with Crippen molar-refractivity contribution < 1.29 is 9.53 Å². The van der Waals surface area contributed by atoms with Gasteiger partial charge in [0.15, 0.2) is 0 Å². The topological polar surface area (TPSA) is 55.6 Å². The quantitative estimate of drug-likeness (QED) is 0.812. The molecule has 1 rings (SSSR count). The molecule has 0 aromatic heterocycles. The molecule has 0 aliphatic heterocycles. The van der Waals surface area contributed by atoms with E-state index in [2.05, 4.69) is 0 Å². The van der Waals surface area contributed by atoms with Crippen LogP contribution >= 0.6 is 12.2 Å². The number of rotatable bonds is 6. The monoisotopic (exact) mass is 280 g/mol. The molecule has 0 bridgehead atoms. The molecule has 5 heteroatoms. The lowest BCUT2D eigenvalue weighted by Crippen LogP contribution is -2.30. The van der Waals surface area contributed by atoms with E-state index >= 15 is 0 Å². The van der Waals surface area contributed by atoms with Crippen LogP contribution in [0, 0.1) is 0 Å². The van der Waals surface area contributed by atoms with Crippen LogP contribution < -0.4 is 10.5 Å². The van der Waals surface area contributed by atoms with Crippen LogP contribution in [0.4, 0.5) is 0 Å². The fourth-order valence-corrected chi connectivity index (χ4v) is 1.67. The number of benzene rings is 1. The summed E-state index contributed by atoms with van der Waals surface area (Å²) in [4.78, 5) is 14.2. The highest BCUT2D eigenvalue weighted by molar-refractivity contribution is 7.80. The largest absolute Gasteiger partial charge is 0.491 e. The lowest BCUT2D eigenvalue weighted by Gasteiger charge is -2.17. The van der Waals surface area contributed by atoms with Gasteiger partial charge >= 0.3 is 0 Å². The summed E-state index contributed by atoms with van der Waals surface area (Å²) in [5.74, 6) is 0.633. The van der Waals surface area contributed by atoms with Gasteiger partial charge < -0.3 is 15.4 Å². The number of carbonyl (C=O) groups is 1. The van der Waals surface area contributed by atoms with Gasteiger partial charge in [-0.25, -0.2) is 0 Å². The molecule has 1 aromatic rings. The van der Waals surface area contributed by atoms with Gasteiger partial charge in [-0.3, -0.25) is 4.79 Å². The molecule has 0 fully saturated rings. The molecule has 1 amide bonds. The number of thiocarbonyl (C=S) groups is 1. The second kappa shape index (κ2) is 7.09. The van der Waals surface area contributed by atoms with E-state index in [0.717, 1.165) is 0 Å². The van der Waals surface area contributed by atoms with E-state index in [0.29, 0.717) is 29.3 Å². The third-order valence-corrected chi connectivity index (χ3v) is 2.70. The van der Waals surface area contributed by atoms with Gasteiger partial charge in [-0.05, 0) is 32.0 Å². The number of hydrogen-bond donors (Lipinski definition) is 1. The minimum absolute atomic E-state index is 0.0644.